The average molecular weight is 481 g/mol. The third-order valence-corrected chi connectivity index (χ3v) is 6.53. The molecule has 2 aliphatic heterocycles. The van der Waals surface area contributed by atoms with Crippen molar-refractivity contribution in [3.63, 3.8) is 0 Å². The van der Waals surface area contributed by atoms with Gasteiger partial charge in [-0.3, -0.25) is 4.79 Å². The van der Waals surface area contributed by atoms with Crippen LogP contribution >= 0.6 is 0 Å². The number of aryl methyl sites for hydroxylation is 1. The number of rotatable bonds is 5. The smallest absolute Gasteiger partial charge is 0.249 e. The van der Waals surface area contributed by atoms with Crippen molar-refractivity contribution >= 4 is 17.4 Å². The van der Waals surface area contributed by atoms with Gasteiger partial charge in [0, 0.05) is 32.1 Å². The van der Waals surface area contributed by atoms with Gasteiger partial charge >= 0.3 is 0 Å². The van der Waals surface area contributed by atoms with Crippen LogP contribution in [0.3, 0.4) is 0 Å². The minimum absolute atomic E-state index is 0. The van der Waals surface area contributed by atoms with Crippen LogP contribution in [0.1, 0.15) is 60.2 Å². The van der Waals surface area contributed by atoms with E-state index in [-0.39, 0.29) is 46.1 Å². The molecule has 0 bridgehead atoms. The molecule has 34 heavy (non-hydrogen) atoms. The lowest BCUT2D eigenvalue weighted by atomic mass is 9.79. The quantitative estimate of drug-likeness (QED) is 0.526. The van der Waals surface area contributed by atoms with Gasteiger partial charge in [-0.2, -0.15) is 0 Å². The van der Waals surface area contributed by atoms with E-state index in [1.807, 2.05) is 0 Å². The summed E-state index contributed by atoms with van der Waals surface area (Å²) in [6, 6.07) is 1.63. The molecule has 5 rings (SSSR count). The van der Waals surface area contributed by atoms with Gasteiger partial charge in [-0.25, -0.2) is 23.1 Å². The summed E-state index contributed by atoms with van der Waals surface area (Å²) in [5, 5.41) is 0. The Balaban J connectivity index is 0.00000136. The number of halogens is 3. The van der Waals surface area contributed by atoms with Crippen LogP contribution in [-0.2, 0) is 11.2 Å². The molecule has 9 heteroatoms. The number of carbonyl (C=O) groups excluding carboxylic acids is 1. The molecule has 1 atom stereocenters. The standard InChI is InChI=1S/C22H23F3N4O2.3CH4/c1-28-18-11-26-19(27-21(18)29-6-2-3-17(29)22(28)30)5-4-12-7-13(8-12)31-14-9-15(23)20(25)16(24)10-14;;;/h9-13,17H,2-8H2,1H3;3*1H4/t12?,13?,17-;;;/m0.../s1. The molecule has 1 amide bonds. The van der Waals surface area contributed by atoms with Crippen molar-refractivity contribution in [2.24, 2.45) is 5.92 Å². The Labute approximate surface area is 200 Å². The number of amides is 1. The van der Waals surface area contributed by atoms with E-state index < -0.39 is 17.5 Å². The average Bonchev–Trinajstić information content (AvgIpc) is 3.22. The molecular weight excluding hydrogens is 445 g/mol. The van der Waals surface area contributed by atoms with Gasteiger partial charge in [-0.05, 0) is 38.0 Å². The first kappa shape index (κ1) is 27.4. The van der Waals surface area contributed by atoms with Gasteiger partial charge < -0.3 is 14.5 Å². The molecule has 0 unspecified atom stereocenters. The largest absolute Gasteiger partial charge is 0.490 e. The van der Waals surface area contributed by atoms with E-state index in [0.29, 0.717) is 12.3 Å². The highest BCUT2D eigenvalue weighted by Gasteiger charge is 2.40. The Kier molecular flexibility index (Phi) is 8.55. The SMILES string of the molecule is C.C.C.CN1C(=O)[C@@H]2CCCN2c2nc(CCC3CC(Oc4cc(F)c(F)c(F)c4)C3)ncc21. The first-order chi connectivity index (χ1) is 14.9. The molecule has 1 aliphatic carbocycles. The van der Waals surface area contributed by atoms with Crippen LogP contribution < -0.4 is 14.5 Å². The van der Waals surface area contributed by atoms with Crippen molar-refractivity contribution in [2.75, 3.05) is 23.4 Å². The van der Waals surface area contributed by atoms with Gasteiger partial charge in [0.2, 0.25) is 5.91 Å². The molecule has 0 radical (unpaired) electrons. The zero-order valence-electron chi connectivity index (χ0n) is 17.2. The monoisotopic (exact) mass is 480 g/mol. The molecular formula is C25H35F3N4O2. The van der Waals surface area contributed by atoms with Crippen molar-refractivity contribution in [1.82, 2.24) is 9.97 Å². The molecule has 2 aromatic rings. The molecule has 188 valence electrons. The molecule has 1 saturated carbocycles. The lowest BCUT2D eigenvalue weighted by Crippen LogP contribution is -2.49. The summed E-state index contributed by atoms with van der Waals surface area (Å²) in [5.74, 6) is -1.88. The van der Waals surface area contributed by atoms with Gasteiger partial charge in [-0.15, -0.1) is 0 Å². The third-order valence-electron chi connectivity index (χ3n) is 6.53. The summed E-state index contributed by atoms with van der Waals surface area (Å²) in [7, 11) is 1.77. The summed E-state index contributed by atoms with van der Waals surface area (Å²) >= 11 is 0. The van der Waals surface area contributed by atoms with E-state index >= 15 is 0 Å². The number of aromatic nitrogens is 2. The molecule has 3 heterocycles. The first-order valence-electron chi connectivity index (χ1n) is 10.6. The number of hydrogen-bond donors (Lipinski definition) is 0. The second kappa shape index (κ2) is 10.6. The summed E-state index contributed by atoms with van der Waals surface area (Å²) in [4.78, 5) is 25.4. The highest BCUT2D eigenvalue weighted by atomic mass is 19.2. The molecule has 1 aromatic heterocycles. The fraction of sp³-hybridized carbons (Fsp3) is 0.560. The Morgan fingerprint density at radius 1 is 1.12 bits per heavy atom. The molecule has 3 aliphatic rings. The zero-order valence-corrected chi connectivity index (χ0v) is 17.2. The van der Waals surface area contributed by atoms with Crippen molar-refractivity contribution in [3.8, 4) is 5.75 Å². The highest BCUT2D eigenvalue weighted by Crippen LogP contribution is 2.38. The first-order valence-corrected chi connectivity index (χ1v) is 10.6. The van der Waals surface area contributed by atoms with E-state index in [4.69, 9.17) is 9.72 Å². The van der Waals surface area contributed by atoms with Crippen LogP contribution in [0.25, 0.3) is 0 Å². The lowest BCUT2D eigenvalue weighted by molar-refractivity contribution is -0.119. The highest BCUT2D eigenvalue weighted by molar-refractivity contribution is 6.04. The molecule has 6 nitrogen and oxygen atoms in total. The number of anilines is 2. The van der Waals surface area contributed by atoms with Gasteiger partial charge in [-0.1, -0.05) is 22.3 Å². The van der Waals surface area contributed by atoms with Crippen molar-refractivity contribution in [3.05, 3.63) is 41.6 Å². The normalized spacial score (nSPS) is 22.5. The number of nitrogens with zero attached hydrogens (tertiary/aromatic N) is 4. The minimum atomic E-state index is -1.49. The summed E-state index contributed by atoms with van der Waals surface area (Å²) in [5.41, 5.74) is 0.753. The predicted octanol–water partition coefficient (Wildman–Crippen LogP) is 5.54. The zero-order chi connectivity index (χ0) is 21.7. The van der Waals surface area contributed by atoms with Crippen LogP contribution in [0.2, 0.25) is 0 Å². The Morgan fingerprint density at radius 2 is 1.79 bits per heavy atom. The lowest BCUT2D eigenvalue weighted by Gasteiger charge is -2.37. The van der Waals surface area contributed by atoms with Gasteiger partial charge in [0.05, 0.1) is 12.3 Å². The number of benzene rings is 1. The molecule has 0 spiro atoms. The van der Waals surface area contributed by atoms with Crippen molar-refractivity contribution in [1.29, 1.82) is 0 Å². The maximum atomic E-state index is 13.3. The maximum Gasteiger partial charge on any atom is 0.249 e. The molecule has 1 aromatic carbocycles. The van der Waals surface area contributed by atoms with Crippen LogP contribution in [-0.4, -0.2) is 41.6 Å². The van der Waals surface area contributed by atoms with E-state index in [9.17, 15) is 18.0 Å². The summed E-state index contributed by atoms with van der Waals surface area (Å²) < 4.78 is 45.2. The van der Waals surface area contributed by atoms with Crippen LogP contribution in [0.5, 0.6) is 5.75 Å². The van der Waals surface area contributed by atoms with Crippen molar-refractivity contribution < 1.29 is 22.7 Å². The number of ether oxygens (including phenoxy) is 1. The minimum Gasteiger partial charge on any atom is -0.490 e. The second-order valence-corrected chi connectivity index (χ2v) is 8.56. The fourth-order valence-corrected chi connectivity index (χ4v) is 4.72. The third kappa shape index (κ3) is 4.83. The van der Waals surface area contributed by atoms with Crippen LogP contribution in [0, 0.1) is 23.4 Å². The Hall–Kier alpha value is -2.84. The molecule has 1 saturated heterocycles. The van der Waals surface area contributed by atoms with E-state index in [1.165, 1.54) is 0 Å². The molecule has 2 fully saturated rings. The number of fused-ring (bicyclic) bond motifs is 3. The number of hydrogen-bond acceptors (Lipinski definition) is 5. The number of carbonyl (C=O) groups is 1. The Morgan fingerprint density at radius 3 is 2.47 bits per heavy atom. The fourth-order valence-electron chi connectivity index (χ4n) is 4.72. The van der Waals surface area contributed by atoms with E-state index in [2.05, 4.69) is 9.88 Å². The van der Waals surface area contributed by atoms with Crippen LogP contribution in [0.15, 0.2) is 18.3 Å². The second-order valence-electron chi connectivity index (χ2n) is 8.56. The maximum absolute atomic E-state index is 13.3. The number of likely N-dealkylation sites (N-methyl/N-ethyl adjacent to an activating group) is 1. The predicted molar refractivity (Wildman–Crippen MR) is 128 cm³/mol. The van der Waals surface area contributed by atoms with Gasteiger partial charge in [0.1, 0.15) is 23.3 Å². The van der Waals surface area contributed by atoms with E-state index in [1.54, 1.807) is 18.1 Å². The summed E-state index contributed by atoms with van der Waals surface area (Å²) in [6.45, 7) is 0.833. The van der Waals surface area contributed by atoms with Crippen molar-refractivity contribution in [2.45, 2.75) is 73.0 Å². The summed E-state index contributed by atoms with van der Waals surface area (Å²) in [6.07, 6.45) is 6.54. The van der Waals surface area contributed by atoms with Gasteiger partial charge in [0.15, 0.2) is 23.3 Å². The van der Waals surface area contributed by atoms with Gasteiger partial charge in [0.25, 0.3) is 0 Å². The van der Waals surface area contributed by atoms with E-state index in [0.717, 1.165) is 68.1 Å². The van der Waals surface area contributed by atoms with Crippen LogP contribution in [0.4, 0.5) is 24.7 Å². The Bertz CT molecular complexity index is 1010. The molecule has 0 N–H and O–H groups in total. The topological polar surface area (TPSA) is 58.6 Å².